The Kier molecular flexibility index (Phi) is 3.16. The third-order valence-electron chi connectivity index (χ3n) is 3.08. The van der Waals surface area contributed by atoms with Crippen molar-refractivity contribution in [3.05, 3.63) is 59.2 Å². The molecule has 4 nitrogen and oxygen atoms in total. The fourth-order valence-electron chi connectivity index (χ4n) is 1.92. The van der Waals surface area contributed by atoms with Gasteiger partial charge in [0.05, 0.1) is 22.6 Å². The number of nitrogens with two attached hydrogens (primary N) is 1. The second kappa shape index (κ2) is 4.98. The van der Waals surface area contributed by atoms with Crippen LogP contribution in [0.3, 0.4) is 0 Å². The Bertz CT molecular complexity index is 747. The van der Waals surface area contributed by atoms with Crippen LogP contribution in [0.1, 0.15) is 5.56 Å². The number of halogens is 1. The minimum atomic E-state index is 0.525. The molecule has 5 heteroatoms. The topological polar surface area (TPSA) is 56.7 Å². The Morgan fingerprint density at radius 3 is 2.55 bits per heavy atom. The maximum absolute atomic E-state index is 5.91. The van der Waals surface area contributed by atoms with Gasteiger partial charge in [0.25, 0.3) is 0 Å². The van der Waals surface area contributed by atoms with Gasteiger partial charge >= 0.3 is 0 Å². The van der Waals surface area contributed by atoms with Crippen molar-refractivity contribution in [2.45, 2.75) is 6.92 Å². The van der Waals surface area contributed by atoms with E-state index in [1.54, 1.807) is 16.8 Å². The van der Waals surface area contributed by atoms with Gasteiger partial charge in [-0.2, -0.15) is 0 Å². The van der Waals surface area contributed by atoms with Crippen molar-refractivity contribution in [3.63, 3.8) is 0 Å². The summed E-state index contributed by atoms with van der Waals surface area (Å²) < 4.78 is 1.68. The molecule has 0 saturated carbocycles. The van der Waals surface area contributed by atoms with Gasteiger partial charge in [-0.05, 0) is 25.1 Å². The van der Waals surface area contributed by atoms with Gasteiger partial charge in [0, 0.05) is 5.56 Å². The maximum atomic E-state index is 5.91. The predicted molar refractivity (Wildman–Crippen MR) is 81.0 cm³/mol. The first-order valence-electron chi connectivity index (χ1n) is 6.18. The minimum Gasteiger partial charge on any atom is -0.397 e. The zero-order chi connectivity index (χ0) is 14.1. The molecule has 3 rings (SSSR count). The number of benzene rings is 2. The molecular weight excluding hydrogens is 272 g/mol. The van der Waals surface area contributed by atoms with Gasteiger partial charge in [-0.15, -0.1) is 5.10 Å². The van der Waals surface area contributed by atoms with E-state index >= 15 is 0 Å². The highest BCUT2D eigenvalue weighted by atomic mass is 35.5. The molecule has 0 aliphatic heterocycles. The van der Waals surface area contributed by atoms with Gasteiger partial charge in [0.1, 0.15) is 5.69 Å². The third-order valence-corrected chi connectivity index (χ3v) is 3.43. The largest absolute Gasteiger partial charge is 0.397 e. The van der Waals surface area contributed by atoms with Crippen LogP contribution in [-0.4, -0.2) is 15.0 Å². The molecule has 0 spiro atoms. The van der Waals surface area contributed by atoms with Crippen LogP contribution in [0.15, 0.2) is 48.7 Å². The molecule has 20 heavy (non-hydrogen) atoms. The van der Waals surface area contributed by atoms with E-state index in [0.717, 1.165) is 16.9 Å². The summed E-state index contributed by atoms with van der Waals surface area (Å²) in [4.78, 5) is 0. The van der Waals surface area contributed by atoms with Crippen LogP contribution in [0, 0.1) is 6.92 Å². The number of aromatic nitrogens is 3. The summed E-state index contributed by atoms with van der Waals surface area (Å²) in [7, 11) is 0. The lowest BCUT2D eigenvalue weighted by molar-refractivity contribution is 0.804. The van der Waals surface area contributed by atoms with E-state index in [1.807, 2.05) is 24.4 Å². The molecule has 100 valence electrons. The van der Waals surface area contributed by atoms with Crippen molar-refractivity contribution in [3.8, 4) is 16.9 Å². The monoisotopic (exact) mass is 284 g/mol. The normalized spacial score (nSPS) is 10.7. The SMILES string of the molecule is Cc1ccc(-c2cn(-c3ccc(Cl)c(N)c3)nn2)cc1. The Morgan fingerprint density at radius 1 is 1.10 bits per heavy atom. The van der Waals surface area contributed by atoms with Crippen LogP contribution in [0.5, 0.6) is 0 Å². The molecule has 0 fully saturated rings. The molecule has 1 aromatic heterocycles. The number of anilines is 1. The first kappa shape index (κ1) is 12.7. The molecule has 0 aliphatic carbocycles. The van der Waals surface area contributed by atoms with Gasteiger partial charge in [0.15, 0.2) is 0 Å². The molecule has 0 aliphatic rings. The van der Waals surface area contributed by atoms with Crippen molar-refractivity contribution in [1.29, 1.82) is 0 Å². The van der Waals surface area contributed by atoms with E-state index in [9.17, 15) is 0 Å². The lowest BCUT2D eigenvalue weighted by Gasteiger charge is -2.02. The summed E-state index contributed by atoms with van der Waals surface area (Å²) in [6, 6.07) is 13.5. The summed E-state index contributed by atoms with van der Waals surface area (Å²) in [5, 5.41) is 8.84. The third kappa shape index (κ3) is 2.38. The minimum absolute atomic E-state index is 0.525. The van der Waals surface area contributed by atoms with Gasteiger partial charge in [-0.1, -0.05) is 46.6 Å². The van der Waals surface area contributed by atoms with Crippen molar-refractivity contribution >= 4 is 17.3 Å². The Hall–Kier alpha value is -2.33. The molecule has 2 aromatic carbocycles. The van der Waals surface area contributed by atoms with Crippen molar-refractivity contribution in [1.82, 2.24) is 15.0 Å². The Morgan fingerprint density at radius 2 is 1.85 bits per heavy atom. The van der Waals surface area contributed by atoms with E-state index in [1.165, 1.54) is 5.56 Å². The fraction of sp³-hybridized carbons (Fsp3) is 0.0667. The molecule has 0 bridgehead atoms. The van der Waals surface area contributed by atoms with Crippen molar-refractivity contribution in [2.24, 2.45) is 0 Å². The lowest BCUT2D eigenvalue weighted by Crippen LogP contribution is -1.96. The molecule has 2 N–H and O–H groups in total. The second-order valence-electron chi connectivity index (χ2n) is 4.62. The molecular formula is C15H13ClN4. The average molecular weight is 285 g/mol. The Labute approximate surface area is 121 Å². The van der Waals surface area contributed by atoms with Crippen LogP contribution in [0.25, 0.3) is 16.9 Å². The summed E-state index contributed by atoms with van der Waals surface area (Å²) >= 11 is 5.91. The van der Waals surface area contributed by atoms with Crippen LogP contribution < -0.4 is 5.73 Å². The Balaban J connectivity index is 1.97. The number of rotatable bonds is 2. The molecule has 0 unspecified atom stereocenters. The lowest BCUT2D eigenvalue weighted by atomic mass is 10.1. The van der Waals surface area contributed by atoms with Gasteiger partial charge in [-0.25, -0.2) is 4.68 Å². The molecule has 0 radical (unpaired) electrons. The highest BCUT2D eigenvalue weighted by Gasteiger charge is 2.06. The van der Waals surface area contributed by atoms with E-state index < -0.39 is 0 Å². The zero-order valence-corrected chi connectivity index (χ0v) is 11.7. The molecule has 0 amide bonds. The standard InChI is InChI=1S/C15H13ClN4/c1-10-2-4-11(5-3-10)15-9-20(19-18-15)12-6-7-13(16)14(17)8-12/h2-9H,17H2,1H3. The summed E-state index contributed by atoms with van der Waals surface area (Å²) in [6.07, 6.45) is 1.87. The number of hydrogen-bond donors (Lipinski definition) is 1. The number of aryl methyl sites for hydroxylation is 1. The van der Waals surface area contributed by atoms with Crippen LogP contribution >= 0.6 is 11.6 Å². The van der Waals surface area contributed by atoms with Crippen LogP contribution in [0.2, 0.25) is 5.02 Å². The first-order chi connectivity index (χ1) is 9.63. The number of hydrogen-bond acceptors (Lipinski definition) is 3. The quantitative estimate of drug-likeness (QED) is 0.733. The highest BCUT2D eigenvalue weighted by Crippen LogP contribution is 2.23. The second-order valence-corrected chi connectivity index (χ2v) is 5.03. The molecule has 0 saturated heterocycles. The van der Waals surface area contributed by atoms with Gasteiger partial charge in [-0.3, -0.25) is 0 Å². The maximum Gasteiger partial charge on any atom is 0.113 e. The van der Waals surface area contributed by atoms with Crippen LogP contribution in [0.4, 0.5) is 5.69 Å². The van der Waals surface area contributed by atoms with Crippen LogP contribution in [-0.2, 0) is 0 Å². The average Bonchev–Trinajstić information content (AvgIpc) is 2.92. The smallest absolute Gasteiger partial charge is 0.113 e. The summed E-state index contributed by atoms with van der Waals surface area (Å²) in [5.74, 6) is 0. The molecule has 0 atom stereocenters. The van der Waals surface area contributed by atoms with E-state index in [0.29, 0.717) is 10.7 Å². The summed E-state index contributed by atoms with van der Waals surface area (Å²) in [6.45, 7) is 2.05. The highest BCUT2D eigenvalue weighted by molar-refractivity contribution is 6.33. The number of nitrogens with zero attached hydrogens (tertiary/aromatic N) is 3. The molecule has 3 aromatic rings. The fourth-order valence-corrected chi connectivity index (χ4v) is 2.04. The van der Waals surface area contributed by atoms with Crippen molar-refractivity contribution in [2.75, 3.05) is 5.73 Å². The zero-order valence-electron chi connectivity index (χ0n) is 10.9. The predicted octanol–water partition coefficient (Wildman–Crippen LogP) is 3.48. The molecule has 1 heterocycles. The van der Waals surface area contributed by atoms with Crippen molar-refractivity contribution < 1.29 is 0 Å². The van der Waals surface area contributed by atoms with E-state index in [2.05, 4.69) is 29.4 Å². The summed E-state index contributed by atoms with van der Waals surface area (Å²) in [5.41, 5.74) is 10.2. The van der Waals surface area contributed by atoms with E-state index in [4.69, 9.17) is 17.3 Å². The number of nitrogen functional groups attached to an aromatic ring is 1. The first-order valence-corrected chi connectivity index (χ1v) is 6.56. The van der Waals surface area contributed by atoms with E-state index in [-0.39, 0.29) is 0 Å². The van der Waals surface area contributed by atoms with Gasteiger partial charge < -0.3 is 5.73 Å². The van der Waals surface area contributed by atoms with Gasteiger partial charge in [0.2, 0.25) is 0 Å².